The average molecular weight is 316 g/mol. The molecule has 0 spiro atoms. The maximum Gasteiger partial charge on any atom is 0.295 e. The molecule has 1 aromatic carbocycles. The van der Waals surface area contributed by atoms with E-state index in [2.05, 4.69) is 10.5 Å². The minimum Gasteiger partial charge on any atom is -1.00 e. The summed E-state index contributed by atoms with van der Waals surface area (Å²) < 4.78 is 10.9. The van der Waals surface area contributed by atoms with Gasteiger partial charge in [0, 0.05) is 0 Å². The van der Waals surface area contributed by atoms with Crippen molar-refractivity contribution < 1.29 is 31.2 Å². The van der Waals surface area contributed by atoms with Crippen LogP contribution in [0.4, 0.5) is 0 Å². The first-order valence-electron chi connectivity index (χ1n) is 6.20. The largest absolute Gasteiger partial charge is 1.00 e. The van der Waals surface area contributed by atoms with Gasteiger partial charge < -0.3 is 26.4 Å². The fourth-order valence-electron chi connectivity index (χ4n) is 1.58. The van der Waals surface area contributed by atoms with E-state index >= 15 is 0 Å². The van der Waals surface area contributed by atoms with Gasteiger partial charge in [-0.25, -0.2) is 5.43 Å². The van der Waals surface area contributed by atoms with Crippen LogP contribution in [0.25, 0.3) is 0 Å². The topological polar surface area (TPSA) is 59.9 Å². The molecule has 1 rings (SSSR count). The average Bonchev–Trinajstić information content (AvgIpc) is 2.36. The van der Waals surface area contributed by atoms with E-state index in [9.17, 15) is 4.79 Å². The number of halogens is 1. The number of benzene rings is 1. The lowest BCUT2D eigenvalue weighted by atomic mass is 10.2. The van der Waals surface area contributed by atoms with Crippen LogP contribution in [0.2, 0.25) is 0 Å². The zero-order chi connectivity index (χ0) is 15.2. The standard InChI is InChI=1S/C14H21N3O3.ClH/c1-17(2,3)10-14(18)16-15-9-11-6-7-12(19-4)13(8-11)20-5;/h6-9H,10H2,1-5H3;1H. The lowest BCUT2D eigenvalue weighted by molar-refractivity contribution is -0.862. The quantitative estimate of drug-likeness (QED) is 0.370. The third kappa shape index (κ3) is 6.97. The predicted molar refractivity (Wildman–Crippen MR) is 78.2 cm³/mol. The highest BCUT2D eigenvalue weighted by Gasteiger charge is 2.13. The van der Waals surface area contributed by atoms with Crippen LogP contribution in [-0.4, -0.2) is 58.5 Å². The highest BCUT2D eigenvalue weighted by molar-refractivity contribution is 5.83. The van der Waals surface area contributed by atoms with Crippen molar-refractivity contribution in [2.75, 3.05) is 41.9 Å². The fourth-order valence-corrected chi connectivity index (χ4v) is 1.58. The van der Waals surface area contributed by atoms with Crippen molar-refractivity contribution in [2.24, 2.45) is 5.10 Å². The van der Waals surface area contributed by atoms with E-state index in [1.165, 1.54) is 0 Å². The van der Waals surface area contributed by atoms with Gasteiger partial charge >= 0.3 is 0 Å². The monoisotopic (exact) mass is 315 g/mol. The van der Waals surface area contributed by atoms with Crippen LogP contribution >= 0.6 is 0 Å². The number of quaternary nitrogens is 1. The summed E-state index contributed by atoms with van der Waals surface area (Å²) in [5.41, 5.74) is 3.31. The van der Waals surface area contributed by atoms with E-state index < -0.39 is 0 Å². The molecule has 1 amide bonds. The van der Waals surface area contributed by atoms with Gasteiger partial charge in [-0.05, 0) is 23.8 Å². The zero-order valence-electron chi connectivity index (χ0n) is 13.0. The molecule has 7 heteroatoms. The van der Waals surface area contributed by atoms with E-state index in [0.29, 0.717) is 22.5 Å². The van der Waals surface area contributed by atoms with Gasteiger partial charge in [0.15, 0.2) is 18.0 Å². The number of hydrogen-bond donors (Lipinski definition) is 1. The first-order valence-corrected chi connectivity index (χ1v) is 6.20. The second-order valence-electron chi connectivity index (χ2n) is 5.36. The van der Waals surface area contributed by atoms with Crippen LogP contribution in [0.5, 0.6) is 11.5 Å². The molecular formula is C14H22ClN3O3. The number of likely N-dealkylation sites (N-methyl/N-ethyl adjacent to an activating group) is 1. The molecule has 0 saturated carbocycles. The van der Waals surface area contributed by atoms with Crippen LogP contribution in [0.15, 0.2) is 23.3 Å². The van der Waals surface area contributed by atoms with Crippen LogP contribution in [0.1, 0.15) is 5.56 Å². The zero-order valence-corrected chi connectivity index (χ0v) is 13.8. The molecule has 0 aromatic heterocycles. The van der Waals surface area contributed by atoms with Crippen molar-refractivity contribution in [1.82, 2.24) is 5.43 Å². The number of hydrogen-bond acceptors (Lipinski definition) is 4. The molecule has 0 heterocycles. The van der Waals surface area contributed by atoms with Crippen LogP contribution in [0, 0.1) is 0 Å². The number of methoxy groups -OCH3 is 2. The fraction of sp³-hybridized carbons (Fsp3) is 0.429. The number of nitrogens with one attached hydrogen (secondary N) is 1. The van der Waals surface area contributed by atoms with Crippen molar-refractivity contribution in [2.45, 2.75) is 0 Å². The summed E-state index contributed by atoms with van der Waals surface area (Å²) in [6, 6.07) is 5.40. The van der Waals surface area contributed by atoms with Gasteiger partial charge in [0.2, 0.25) is 0 Å². The maximum atomic E-state index is 11.6. The molecular weight excluding hydrogens is 294 g/mol. The predicted octanol–water partition coefficient (Wildman–Crippen LogP) is -2.14. The Kier molecular flexibility index (Phi) is 7.76. The Hall–Kier alpha value is -1.79. The molecule has 0 aliphatic carbocycles. The molecule has 0 bridgehead atoms. The number of rotatable bonds is 6. The molecule has 0 radical (unpaired) electrons. The maximum absolute atomic E-state index is 11.6. The number of ether oxygens (including phenoxy) is 2. The summed E-state index contributed by atoms with van der Waals surface area (Å²) in [5.74, 6) is 1.14. The van der Waals surface area contributed by atoms with Crippen LogP contribution < -0.4 is 27.3 Å². The number of carbonyl (C=O) groups excluding carboxylic acids is 1. The van der Waals surface area contributed by atoms with E-state index in [1.807, 2.05) is 27.2 Å². The number of hydrazone groups is 1. The second-order valence-corrected chi connectivity index (χ2v) is 5.36. The Labute approximate surface area is 131 Å². The van der Waals surface area contributed by atoms with Gasteiger partial charge in [-0.1, -0.05) is 0 Å². The number of amides is 1. The molecule has 21 heavy (non-hydrogen) atoms. The Morgan fingerprint density at radius 2 is 1.86 bits per heavy atom. The Morgan fingerprint density at radius 1 is 1.24 bits per heavy atom. The summed E-state index contributed by atoms with van der Waals surface area (Å²) in [6.07, 6.45) is 1.56. The van der Waals surface area contributed by atoms with E-state index in [4.69, 9.17) is 9.47 Å². The smallest absolute Gasteiger partial charge is 0.295 e. The van der Waals surface area contributed by atoms with E-state index in [-0.39, 0.29) is 18.3 Å². The van der Waals surface area contributed by atoms with Gasteiger partial charge in [0.25, 0.3) is 5.91 Å². The normalized spacial score (nSPS) is 10.9. The van der Waals surface area contributed by atoms with Crippen molar-refractivity contribution in [3.8, 4) is 11.5 Å². The summed E-state index contributed by atoms with van der Waals surface area (Å²) in [7, 11) is 8.98. The van der Waals surface area contributed by atoms with Crippen molar-refractivity contribution in [3.63, 3.8) is 0 Å². The molecule has 118 valence electrons. The van der Waals surface area contributed by atoms with Crippen molar-refractivity contribution >= 4 is 12.1 Å². The van der Waals surface area contributed by atoms with Crippen molar-refractivity contribution in [3.05, 3.63) is 23.8 Å². The van der Waals surface area contributed by atoms with E-state index in [0.717, 1.165) is 5.56 Å². The molecule has 1 N–H and O–H groups in total. The Balaban J connectivity index is 0.00000400. The summed E-state index contributed by atoms with van der Waals surface area (Å²) in [6.45, 7) is 0.364. The summed E-state index contributed by atoms with van der Waals surface area (Å²) in [5, 5.41) is 3.93. The highest BCUT2D eigenvalue weighted by atomic mass is 35.5. The Morgan fingerprint density at radius 3 is 2.38 bits per heavy atom. The second kappa shape index (κ2) is 8.49. The molecule has 0 unspecified atom stereocenters. The molecule has 0 fully saturated rings. The summed E-state index contributed by atoms with van der Waals surface area (Å²) in [4.78, 5) is 11.6. The molecule has 6 nitrogen and oxygen atoms in total. The summed E-state index contributed by atoms with van der Waals surface area (Å²) >= 11 is 0. The Bertz CT molecular complexity index is 499. The molecule has 0 atom stereocenters. The molecule has 1 aromatic rings. The lowest BCUT2D eigenvalue weighted by Crippen LogP contribution is -3.00. The first kappa shape index (κ1) is 19.2. The van der Waals surface area contributed by atoms with Gasteiger partial charge in [0.05, 0.1) is 41.6 Å². The van der Waals surface area contributed by atoms with Crippen LogP contribution in [0.3, 0.4) is 0 Å². The van der Waals surface area contributed by atoms with Gasteiger partial charge in [-0.2, -0.15) is 5.10 Å². The van der Waals surface area contributed by atoms with Crippen molar-refractivity contribution in [1.29, 1.82) is 0 Å². The lowest BCUT2D eigenvalue weighted by Gasteiger charge is -2.21. The van der Waals surface area contributed by atoms with Gasteiger partial charge in [0.1, 0.15) is 0 Å². The molecule has 0 aliphatic rings. The van der Waals surface area contributed by atoms with E-state index in [1.54, 1.807) is 32.6 Å². The molecule has 0 saturated heterocycles. The SMILES string of the molecule is COc1ccc(C=NNC(=O)C[N+](C)(C)C)cc1OC.[Cl-]. The van der Waals surface area contributed by atoms with Crippen LogP contribution in [-0.2, 0) is 4.79 Å². The van der Waals surface area contributed by atoms with Gasteiger partial charge in [-0.3, -0.25) is 4.79 Å². The molecule has 0 aliphatic heterocycles. The first-order chi connectivity index (χ1) is 9.35. The van der Waals surface area contributed by atoms with Gasteiger partial charge in [-0.15, -0.1) is 0 Å². The highest BCUT2D eigenvalue weighted by Crippen LogP contribution is 2.26. The third-order valence-electron chi connectivity index (χ3n) is 2.43. The minimum atomic E-state index is -0.130. The minimum absolute atomic E-state index is 0. The number of carbonyl (C=O) groups is 1. The number of nitrogens with zero attached hydrogens (tertiary/aromatic N) is 2. The third-order valence-corrected chi connectivity index (χ3v) is 2.43.